The Balaban J connectivity index is 1.52. The van der Waals surface area contributed by atoms with Crippen LogP contribution in [0.4, 0.5) is 5.69 Å². The van der Waals surface area contributed by atoms with Crippen molar-refractivity contribution in [1.82, 2.24) is 20.2 Å². The maximum Gasteiger partial charge on any atom is 0.270 e. The van der Waals surface area contributed by atoms with Crippen molar-refractivity contribution in [3.8, 4) is 22.8 Å². The predicted octanol–water partition coefficient (Wildman–Crippen LogP) is 4.48. The summed E-state index contributed by atoms with van der Waals surface area (Å²) < 4.78 is 6.92. The van der Waals surface area contributed by atoms with Crippen LogP contribution in [-0.4, -0.2) is 44.2 Å². The molecule has 0 fully saturated rings. The zero-order chi connectivity index (χ0) is 25.5. The van der Waals surface area contributed by atoms with Gasteiger partial charge >= 0.3 is 0 Å². The summed E-state index contributed by atoms with van der Waals surface area (Å²) in [4.78, 5) is 23.3. The van der Waals surface area contributed by atoms with E-state index in [0.29, 0.717) is 22.3 Å². The van der Waals surface area contributed by atoms with Crippen LogP contribution >= 0.6 is 11.8 Å². The van der Waals surface area contributed by atoms with E-state index >= 15 is 0 Å². The summed E-state index contributed by atoms with van der Waals surface area (Å²) in [5, 5.41) is 24.4. The molecule has 36 heavy (non-hydrogen) atoms. The molecule has 0 aliphatic rings. The zero-order valence-corrected chi connectivity index (χ0v) is 20.3. The van der Waals surface area contributed by atoms with Gasteiger partial charge in [0.25, 0.3) is 11.6 Å². The molecular weight excluding hydrogens is 480 g/mol. The Kier molecular flexibility index (Phi) is 7.71. The van der Waals surface area contributed by atoms with Gasteiger partial charge in [-0.1, -0.05) is 42.1 Å². The van der Waals surface area contributed by atoms with E-state index in [1.54, 1.807) is 30.7 Å². The van der Waals surface area contributed by atoms with Crippen molar-refractivity contribution in [2.45, 2.75) is 12.1 Å². The Bertz CT molecular complexity index is 1400. The molecule has 1 heterocycles. The van der Waals surface area contributed by atoms with Crippen LogP contribution in [0.3, 0.4) is 0 Å². The van der Waals surface area contributed by atoms with Crippen LogP contribution < -0.4 is 10.2 Å². The number of thioether (sulfide) groups is 1. The van der Waals surface area contributed by atoms with Gasteiger partial charge in [0.05, 0.1) is 23.5 Å². The summed E-state index contributed by atoms with van der Waals surface area (Å²) in [6.45, 7) is 1.80. The van der Waals surface area contributed by atoms with Crippen LogP contribution in [0.5, 0.6) is 5.75 Å². The van der Waals surface area contributed by atoms with E-state index in [4.69, 9.17) is 4.74 Å². The van der Waals surface area contributed by atoms with Gasteiger partial charge < -0.3 is 4.74 Å². The molecule has 0 saturated heterocycles. The highest BCUT2D eigenvalue weighted by Crippen LogP contribution is 2.29. The first-order valence-corrected chi connectivity index (χ1v) is 11.8. The minimum atomic E-state index is -0.457. The minimum absolute atomic E-state index is 0.0410. The largest absolute Gasteiger partial charge is 0.497 e. The molecular formula is C25H22N6O4S. The number of nitrogens with zero attached hydrogens (tertiary/aromatic N) is 5. The highest BCUT2D eigenvalue weighted by molar-refractivity contribution is 7.99. The molecule has 0 atom stereocenters. The molecule has 1 N–H and O–H groups in total. The number of nitro groups is 1. The Labute approximate surface area is 211 Å². The summed E-state index contributed by atoms with van der Waals surface area (Å²) in [6, 6.07) is 22.9. The molecule has 4 rings (SSSR count). The lowest BCUT2D eigenvalue weighted by atomic mass is 10.1. The number of hydrogen-bond acceptors (Lipinski definition) is 8. The van der Waals surface area contributed by atoms with Crippen LogP contribution in [-0.2, 0) is 4.79 Å². The molecule has 1 amide bonds. The summed E-state index contributed by atoms with van der Waals surface area (Å²) in [7, 11) is 1.60. The van der Waals surface area contributed by atoms with Gasteiger partial charge in [0.1, 0.15) is 5.75 Å². The summed E-state index contributed by atoms with van der Waals surface area (Å²) in [5.41, 5.74) is 5.32. The molecule has 0 bridgehead atoms. The number of non-ortho nitro benzene ring substituents is 1. The fraction of sp³-hybridized carbons (Fsp3) is 0.120. The maximum atomic E-state index is 12.5. The summed E-state index contributed by atoms with van der Waals surface area (Å²) >= 11 is 1.19. The zero-order valence-electron chi connectivity index (χ0n) is 19.5. The number of hydrogen-bond donors (Lipinski definition) is 1. The molecule has 0 aliphatic carbocycles. The molecule has 11 heteroatoms. The number of ether oxygens (including phenoxy) is 1. The van der Waals surface area contributed by atoms with Gasteiger partial charge in [-0.3, -0.25) is 19.5 Å². The van der Waals surface area contributed by atoms with E-state index in [0.717, 1.165) is 17.0 Å². The van der Waals surface area contributed by atoms with Gasteiger partial charge in [-0.15, -0.1) is 10.2 Å². The topological polar surface area (TPSA) is 125 Å². The lowest BCUT2D eigenvalue weighted by molar-refractivity contribution is -0.384. The third-order valence-corrected chi connectivity index (χ3v) is 6.08. The van der Waals surface area contributed by atoms with Crippen molar-refractivity contribution in [2.75, 3.05) is 12.9 Å². The Morgan fingerprint density at radius 1 is 1.08 bits per heavy atom. The van der Waals surface area contributed by atoms with Crippen molar-refractivity contribution in [3.05, 3.63) is 94.5 Å². The number of carbonyl (C=O) groups excluding carboxylic acids is 1. The molecule has 3 aromatic carbocycles. The first kappa shape index (κ1) is 24.6. The predicted molar refractivity (Wildman–Crippen MR) is 138 cm³/mol. The first-order chi connectivity index (χ1) is 17.5. The van der Waals surface area contributed by atoms with Crippen molar-refractivity contribution in [3.63, 3.8) is 0 Å². The Morgan fingerprint density at radius 3 is 2.53 bits per heavy atom. The number of aromatic nitrogens is 3. The second kappa shape index (κ2) is 11.3. The van der Waals surface area contributed by atoms with Crippen molar-refractivity contribution in [1.29, 1.82) is 0 Å². The number of carbonyl (C=O) groups is 1. The minimum Gasteiger partial charge on any atom is -0.497 e. The average molecular weight is 503 g/mol. The van der Waals surface area contributed by atoms with Crippen LogP contribution in [0.1, 0.15) is 12.5 Å². The lowest BCUT2D eigenvalue weighted by Gasteiger charge is -2.10. The smallest absolute Gasteiger partial charge is 0.270 e. The highest BCUT2D eigenvalue weighted by Gasteiger charge is 2.19. The van der Waals surface area contributed by atoms with Gasteiger partial charge in [-0.2, -0.15) is 5.10 Å². The molecule has 0 spiro atoms. The lowest BCUT2D eigenvalue weighted by Crippen LogP contribution is -2.21. The fourth-order valence-corrected chi connectivity index (χ4v) is 4.07. The van der Waals surface area contributed by atoms with Crippen molar-refractivity contribution >= 4 is 29.1 Å². The maximum absolute atomic E-state index is 12.5. The van der Waals surface area contributed by atoms with Crippen LogP contribution in [0.25, 0.3) is 17.1 Å². The Morgan fingerprint density at radius 2 is 1.83 bits per heavy atom. The average Bonchev–Trinajstić information content (AvgIpc) is 3.35. The van der Waals surface area contributed by atoms with E-state index in [9.17, 15) is 14.9 Å². The number of amides is 1. The third kappa shape index (κ3) is 5.76. The van der Waals surface area contributed by atoms with Crippen molar-refractivity contribution < 1.29 is 14.5 Å². The van der Waals surface area contributed by atoms with Gasteiger partial charge in [0.2, 0.25) is 0 Å². The first-order valence-electron chi connectivity index (χ1n) is 10.8. The SMILES string of the molecule is COc1ccc(/C(C)=N/NC(=O)CSc2nnc(-c3cccc([N+](=O)[O-])c3)n2-c2ccccc2)cc1. The second-order valence-corrected chi connectivity index (χ2v) is 8.48. The summed E-state index contributed by atoms with van der Waals surface area (Å²) in [6.07, 6.45) is 0. The molecule has 10 nitrogen and oxygen atoms in total. The molecule has 0 aliphatic heterocycles. The summed E-state index contributed by atoms with van der Waals surface area (Å²) in [5.74, 6) is 0.895. The van der Waals surface area contributed by atoms with Crippen LogP contribution in [0.15, 0.2) is 89.1 Å². The van der Waals surface area contributed by atoms with Gasteiger partial charge in [-0.05, 0) is 48.9 Å². The fourth-order valence-electron chi connectivity index (χ4n) is 3.32. The Hall–Kier alpha value is -4.51. The molecule has 0 saturated carbocycles. The van der Waals surface area contributed by atoms with Gasteiger partial charge in [0.15, 0.2) is 11.0 Å². The molecule has 0 unspecified atom stereocenters. The standard InChI is InChI=1S/C25H22N6O4S/c1-17(18-11-13-22(35-2)14-12-18)26-27-23(32)16-36-25-29-28-24(30(25)20-8-4-3-5-9-20)19-7-6-10-21(15-19)31(33)34/h3-15H,16H2,1-2H3,(H,27,32)/b26-17+. The molecule has 4 aromatic rings. The second-order valence-electron chi connectivity index (χ2n) is 7.53. The number of nitro benzene ring substituents is 1. The number of benzene rings is 3. The molecule has 182 valence electrons. The van der Waals surface area contributed by atoms with E-state index in [1.165, 1.54) is 23.9 Å². The van der Waals surface area contributed by atoms with Crippen LogP contribution in [0, 0.1) is 10.1 Å². The highest BCUT2D eigenvalue weighted by atomic mass is 32.2. The van der Waals surface area contributed by atoms with E-state index in [-0.39, 0.29) is 17.3 Å². The number of rotatable bonds is 9. The number of nitrogens with one attached hydrogen (secondary N) is 1. The molecule has 1 aromatic heterocycles. The normalized spacial score (nSPS) is 11.2. The third-order valence-electron chi connectivity index (χ3n) is 5.15. The number of hydrazone groups is 1. The van der Waals surface area contributed by atoms with Gasteiger partial charge in [-0.25, -0.2) is 5.43 Å². The number of para-hydroxylation sites is 1. The molecule has 0 radical (unpaired) electrons. The van der Waals surface area contributed by atoms with E-state index in [1.807, 2.05) is 54.6 Å². The van der Waals surface area contributed by atoms with Crippen molar-refractivity contribution in [2.24, 2.45) is 5.10 Å². The van der Waals surface area contributed by atoms with Crippen LogP contribution in [0.2, 0.25) is 0 Å². The van der Waals surface area contributed by atoms with E-state index in [2.05, 4.69) is 20.7 Å². The quantitative estimate of drug-likeness (QED) is 0.155. The van der Waals surface area contributed by atoms with E-state index < -0.39 is 4.92 Å². The number of methoxy groups -OCH3 is 1. The monoisotopic (exact) mass is 502 g/mol. The van der Waals surface area contributed by atoms with Gasteiger partial charge in [0, 0.05) is 23.4 Å².